The maximum absolute atomic E-state index is 11.8. The number of carbonyl (C=O) groups excluding carboxylic acids is 2. The fraction of sp³-hybridized carbons (Fsp3) is 0.833. The first-order valence-corrected chi connectivity index (χ1v) is 7.51. The second kappa shape index (κ2) is 7.63. The van der Waals surface area contributed by atoms with Crippen LogP contribution < -0.4 is 11.1 Å². The van der Waals surface area contributed by atoms with E-state index < -0.39 is 5.54 Å². The number of hydrogen-bond donors (Lipinski definition) is 3. The average Bonchev–Trinajstić information content (AvgIpc) is 2.35. The first-order chi connectivity index (χ1) is 8.58. The molecule has 0 aliphatic heterocycles. The maximum Gasteiger partial charge on any atom is 0.227 e. The standard InChI is InChI=1S/C12H22N2O3S/c13-10(16)8-18-7-4-11(17)14-12(9-15)5-2-1-3-6-12/h15H,1-9H2,(H2,13,16)(H,14,17). The Bertz CT molecular complexity index is 291. The number of nitrogens with two attached hydrogens (primary N) is 1. The van der Waals surface area contributed by atoms with E-state index in [9.17, 15) is 14.7 Å². The molecule has 0 unspecified atom stereocenters. The predicted molar refractivity (Wildman–Crippen MR) is 72.2 cm³/mol. The van der Waals surface area contributed by atoms with Gasteiger partial charge in [-0.1, -0.05) is 19.3 Å². The van der Waals surface area contributed by atoms with Crippen LogP contribution in [0.2, 0.25) is 0 Å². The van der Waals surface area contributed by atoms with E-state index in [0.29, 0.717) is 12.2 Å². The lowest BCUT2D eigenvalue weighted by atomic mass is 9.82. The van der Waals surface area contributed by atoms with Gasteiger partial charge in [-0.15, -0.1) is 0 Å². The van der Waals surface area contributed by atoms with Crippen molar-refractivity contribution in [1.82, 2.24) is 5.32 Å². The number of primary amides is 1. The van der Waals surface area contributed by atoms with Crippen molar-refractivity contribution < 1.29 is 14.7 Å². The normalized spacial score (nSPS) is 18.3. The van der Waals surface area contributed by atoms with E-state index in [4.69, 9.17) is 5.73 Å². The number of carbonyl (C=O) groups is 2. The highest BCUT2D eigenvalue weighted by molar-refractivity contribution is 7.99. The van der Waals surface area contributed by atoms with Crippen LogP contribution in [0.25, 0.3) is 0 Å². The van der Waals surface area contributed by atoms with Crippen molar-refractivity contribution in [1.29, 1.82) is 0 Å². The van der Waals surface area contributed by atoms with Crippen LogP contribution in [-0.4, -0.2) is 40.6 Å². The summed E-state index contributed by atoms with van der Waals surface area (Å²) in [6.07, 6.45) is 5.34. The summed E-state index contributed by atoms with van der Waals surface area (Å²) in [5, 5.41) is 12.4. The number of hydrogen-bond acceptors (Lipinski definition) is 4. The van der Waals surface area contributed by atoms with Gasteiger partial charge in [-0.3, -0.25) is 9.59 Å². The van der Waals surface area contributed by atoms with E-state index in [1.54, 1.807) is 0 Å². The van der Waals surface area contributed by atoms with Crippen LogP contribution >= 0.6 is 11.8 Å². The molecule has 0 heterocycles. The third kappa shape index (κ3) is 5.27. The van der Waals surface area contributed by atoms with Crippen LogP contribution in [0.5, 0.6) is 0 Å². The van der Waals surface area contributed by atoms with Crippen LogP contribution in [0.4, 0.5) is 0 Å². The summed E-state index contributed by atoms with van der Waals surface area (Å²) in [5.74, 6) is 0.414. The summed E-state index contributed by atoms with van der Waals surface area (Å²) < 4.78 is 0. The Hall–Kier alpha value is -0.750. The van der Waals surface area contributed by atoms with E-state index in [0.717, 1.165) is 25.7 Å². The molecule has 0 saturated heterocycles. The molecule has 0 aromatic rings. The van der Waals surface area contributed by atoms with Gasteiger partial charge in [0.25, 0.3) is 0 Å². The number of thioether (sulfide) groups is 1. The summed E-state index contributed by atoms with van der Waals surface area (Å²) in [6.45, 7) is 0.00711. The lowest BCUT2D eigenvalue weighted by Gasteiger charge is -2.36. The molecule has 0 aromatic heterocycles. The first kappa shape index (κ1) is 15.3. The minimum absolute atomic E-state index is 0.00711. The molecule has 0 bridgehead atoms. The van der Waals surface area contributed by atoms with Gasteiger partial charge < -0.3 is 16.2 Å². The quantitative estimate of drug-likeness (QED) is 0.586. The summed E-state index contributed by atoms with van der Waals surface area (Å²) >= 11 is 1.36. The number of aliphatic hydroxyl groups excluding tert-OH is 1. The van der Waals surface area contributed by atoms with Crippen LogP contribution in [-0.2, 0) is 9.59 Å². The summed E-state index contributed by atoms with van der Waals surface area (Å²) in [4.78, 5) is 22.3. The van der Waals surface area contributed by atoms with E-state index in [2.05, 4.69) is 5.32 Å². The molecule has 1 saturated carbocycles. The highest BCUT2D eigenvalue weighted by Crippen LogP contribution is 2.27. The minimum Gasteiger partial charge on any atom is -0.394 e. The van der Waals surface area contributed by atoms with Crippen LogP contribution in [0.1, 0.15) is 38.5 Å². The monoisotopic (exact) mass is 274 g/mol. The molecular weight excluding hydrogens is 252 g/mol. The topological polar surface area (TPSA) is 92.4 Å². The Morgan fingerprint density at radius 1 is 1.28 bits per heavy atom. The fourth-order valence-electron chi connectivity index (χ4n) is 2.25. The SMILES string of the molecule is NC(=O)CSCCC(=O)NC1(CO)CCCCC1. The minimum atomic E-state index is -0.413. The maximum atomic E-state index is 11.8. The summed E-state index contributed by atoms with van der Waals surface area (Å²) in [6, 6.07) is 0. The first-order valence-electron chi connectivity index (χ1n) is 6.36. The molecule has 6 heteroatoms. The second-order valence-corrected chi connectivity index (χ2v) is 5.92. The van der Waals surface area contributed by atoms with Gasteiger partial charge in [-0.2, -0.15) is 11.8 Å². The average molecular weight is 274 g/mol. The molecule has 2 amide bonds. The molecule has 18 heavy (non-hydrogen) atoms. The highest BCUT2D eigenvalue weighted by Gasteiger charge is 2.32. The summed E-state index contributed by atoms with van der Waals surface area (Å²) in [7, 11) is 0. The van der Waals surface area contributed by atoms with Crippen molar-refractivity contribution in [2.24, 2.45) is 5.73 Å². The summed E-state index contributed by atoms with van der Waals surface area (Å²) in [5.41, 5.74) is 4.59. The van der Waals surface area contributed by atoms with Crippen LogP contribution in [0.15, 0.2) is 0 Å². The van der Waals surface area contributed by atoms with Gasteiger partial charge in [-0.05, 0) is 12.8 Å². The number of rotatable bonds is 7. The van der Waals surface area contributed by atoms with E-state index >= 15 is 0 Å². The second-order valence-electron chi connectivity index (χ2n) is 4.82. The van der Waals surface area contributed by atoms with Crippen molar-refractivity contribution in [3.63, 3.8) is 0 Å². The Kier molecular flexibility index (Phi) is 6.49. The fourth-order valence-corrected chi connectivity index (χ4v) is 2.92. The molecule has 1 rings (SSSR count). The van der Waals surface area contributed by atoms with Crippen molar-refractivity contribution in [3.8, 4) is 0 Å². The van der Waals surface area contributed by atoms with Gasteiger partial charge in [-0.25, -0.2) is 0 Å². The van der Waals surface area contributed by atoms with Crippen LogP contribution in [0.3, 0.4) is 0 Å². The van der Waals surface area contributed by atoms with Gasteiger partial charge >= 0.3 is 0 Å². The third-order valence-corrected chi connectivity index (χ3v) is 4.22. The molecule has 5 nitrogen and oxygen atoms in total. The number of nitrogens with one attached hydrogen (secondary N) is 1. The zero-order chi connectivity index (χ0) is 13.4. The zero-order valence-corrected chi connectivity index (χ0v) is 11.4. The molecule has 1 aliphatic carbocycles. The van der Waals surface area contributed by atoms with Gasteiger partial charge in [0, 0.05) is 12.2 Å². The molecular formula is C12H22N2O3S. The molecule has 0 atom stereocenters. The van der Waals surface area contributed by atoms with Crippen molar-refractivity contribution in [2.75, 3.05) is 18.1 Å². The Morgan fingerprint density at radius 3 is 2.50 bits per heavy atom. The van der Waals surface area contributed by atoms with E-state index in [1.165, 1.54) is 18.2 Å². The number of amides is 2. The van der Waals surface area contributed by atoms with Crippen molar-refractivity contribution in [3.05, 3.63) is 0 Å². The highest BCUT2D eigenvalue weighted by atomic mass is 32.2. The van der Waals surface area contributed by atoms with Gasteiger partial charge in [0.2, 0.25) is 11.8 Å². The molecule has 4 N–H and O–H groups in total. The third-order valence-electron chi connectivity index (χ3n) is 3.24. The molecule has 0 aromatic carbocycles. The molecule has 1 fully saturated rings. The van der Waals surface area contributed by atoms with Crippen molar-refractivity contribution >= 4 is 23.6 Å². The van der Waals surface area contributed by atoms with Gasteiger partial charge in [0.1, 0.15) is 0 Å². The molecule has 104 valence electrons. The molecule has 1 aliphatic rings. The predicted octanol–water partition coefficient (Wildman–Crippen LogP) is 0.406. The van der Waals surface area contributed by atoms with Gasteiger partial charge in [0.05, 0.1) is 17.9 Å². The Morgan fingerprint density at radius 2 is 1.94 bits per heavy atom. The number of aliphatic hydroxyl groups is 1. The zero-order valence-electron chi connectivity index (χ0n) is 10.6. The Labute approximate surface area is 112 Å². The van der Waals surface area contributed by atoms with E-state index in [1.807, 2.05) is 0 Å². The smallest absolute Gasteiger partial charge is 0.227 e. The van der Waals surface area contributed by atoms with Gasteiger partial charge in [0.15, 0.2) is 0 Å². The molecule has 0 spiro atoms. The van der Waals surface area contributed by atoms with Crippen LogP contribution in [0, 0.1) is 0 Å². The lowest BCUT2D eigenvalue weighted by molar-refractivity contribution is -0.123. The molecule has 0 radical (unpaired) electrons. The lowest BCUT2D eigenvalue weighted by Crippen LogP contribution is -2.52. The van der Waals surface area contributed by atoms with E-state index in [-0.39, 0.29) is 24.2 Å². The Balaban J connectivity index is 2.26. The largest absolute Gasteiger partial charge is 0.394 e. The van der Waals surface area contributed by atoms with Crippen molar-refractivity contribution in [2.45, 2.75) is 44.1 Å².